The molecule has 0 radical (unpaired) electrons. The van der Waals surface area contributed by atoms with Crippen molar-refractivity contribution in [1.29, 1.82) is 0 Å². The normalized spacial score (nSPS) is 14.9. The van der Waals surface area contributed by atoms with Gasteiger partial charge in [0.25, 0.3) is 0 Å². The first-order valence-electron chi connectivity index (χ1n) is 13.4. The molecule has 1 aliphatic heterocycles. The number of amidine groups is 1. The van der Waals surface area contributed by atoms with Crippen LogP contribution in [0.5, 0.6) is 0 Å². The molecule has 2 aromatic rings. The van der Waals surface area contributed by atoms with Gasteiger partial charge in [-0.3, -0.25) is 14.5 Å². The maximum Gasteiger partial charge on any atom is 0.219 e. The summed E-state index contributed by atoms with van der Waals surface area (Å²) in [6.07, 6.45) is 6.86. The minimum Gasteiger partial charge on any atom is -0.359 e. The van der Waals surface area contributed by atoms with Gasteiger partial charge in [0.05, 0.1) is 22.9 Å². The third-order valence-electron chi connectivity index (χ3n) is 7.06. The van der Waals surface area contributed by atoms with Gasteiger partial charge in [-0.25, -0.2) is 9.38 Å². The summed E-state index contributed by atoms with van der Waals surface area (Å²) >= 11 is 0. The number of carbonyl (C=O) groups excluding carboxylic acids is 3. The Kier molecular flexibility index (Phi) is 11.4. The van der Waals surface area contributed by atoms with Crippen LogP contribution in [0.2, 0.25) is 0 Å². The molecule has 0 spiro atoms. The van der Waals surface area contributed by atoms with E-state index in [4.69, 9.17) is 0 Å². The molecule has 0 aromatic heterocycles. The van der Waals surface area contributed by atoms with Crippen LogP contribution in [0.1, 0.15) is 72.5 Å². The van der Waals surface area contributed by atoms with Crippen molar-refractivity contribution in [1.82, 2.24) is 15.1 Å². The molecule has 39 heavy (non-hydrogen) atoms. The number of likely N-dealkylation sites (N-methyl/N-ethyl adjacent to an activating group) is 1. The molecule has 206 valence electrons. The van der Waals surface area contributed by atoms with Crippen LogP contribution in [0.4, 0.5) is 10.1 Å². The molecule has 2 aromatic carbocycles. The predicted octanol–water partition coefficient (Wildman–Crippen LogP) is 4.49. The lowest BCUT2D eigenvalue weighted by atomic mass is 10.1. The number of benzene rings is 2. The highest BCUT2D eigenvalue weighted by Gasteiger charge is 2.17. The van der Waals surface area contributed by atoms with Gasteiger partial charge >= 0.3 is 0 Å². The number of halogens is 1. The fourth-order valence-electron chi connectivity index (χ4n) is 4.58. The molecule has 0 aliphatic carbocycles. The van der Waals surface area contributed by atoms with Gasteiger partial charge in [0.2, 0.25) is 5.91 Å². The molecule has 1 amide bonds. The van der Waals surface area contributed by atoms with Crippen molar-refractivity contribution in [3.05, 3.63) is 64.5 Å². The first-order valence-corrected chi connectivity index (χ1v) is 13.4. The number of carbonyl (C=O) groups is 3. The second-order valence-electron chi connectivity index (χ2n) is 9.80. The molecule has 3 rings (SSSR count). The van der Waals surface area contributed by atoms with Crippen LogP contribution in [0, 0.1) is 17.7 Å². The van der Waals surface area contributed by atoms with Gasteiger partial charge in [-0.2, -0.15) is 0 Å². The number of amides is 1. The highest BCUT2D eigenvalue weighted by atomic mass is 19.1. The van der Waals surface area contributed by atoms with E-state index >= 15 is 0 Å². The average Bonchev–Trinajstić information content (AvgIpc) is 3.21. The van der Waals surface area contributed by atoms with Crippen LogP contribution < -0.4 is 5.32 Å². The van der Waals surface area contributed by atoms with Crippen molar-refractivity contribution in [3.63, 3.8) is 0 Å². The van der Waals surface area contributed by atoms with Crippen molar-refractivity contribution >= 4 is 30.0 Å². The van der Waals surface area contributed by atoms with Gasteiger partial charge in [-0.05, 0) is 69.1 Å². The van der Waals surface area contributed by atoms with Crippen LogP contribution in [-0.2, 0) is 16.1 Å². The Balaban J connectivity index is 1.78. The van der Waals surface area contributed by atoms with E-state index in [-0.39, 0.29) is 29.3 Å². The van der Waals surface area contributed by atoms with Crippen LogP contribution in [0.15, 0.2) is 41.4 Å². The summed E-state index contributed by atoms with van der Waals surface area (Å²) in [5.41, 5.74) is 2.30. The molecule has 8 heteroatoms. The van der Waals surface area contributed by atoms with Gasteiger partial charge in [0.15, 0.2) is 6.29 Å². The largest absolute Gasteiger partial charge is 0.359 e. The van der Waals surface area contributed by atoms with Gasteiger partial charge in [-0.1, -0.05) is 36.8 Å². The summed E-state index contributed by atoms with van der Waals surface area (Å²) in [5.74, 6) is 5.77. The number of hydrogen-bond donors (Lipinski definition) is 1. The fourth-order valence-corrected chi connectivity index (χ4v) is 4.58. The van der Waals surface area contributed by atoms with E-state index in [2.05, 4.69) is 27.0 Å². The summed E-state index contributed by atoms with van der Waals surface area (Å²) in [4.78, 5) is 43.8. The molecule has 0 saturated carbocycles. The molecular formula is C31H37FN4O3. The van der Waals surface area contributed by atoms with E-state index in [0.29, 0.717) is 29.8 Å². The van der Waals surface area contributed by atoms with Crippen molar-refractivity contribution in [2.75, 3.05) is 27.2 Å². The minimum atomic E-state index is -0.543. The zero-order valence-corrected chi connectivity index (χ0v) is 23.0. The number of nitrogens with one attached hydrogen (secondary N) is 1. The number of aliphatic imine (C=N–C) groups is 1. The van der Waals surface area contributed by atoms with E-state index < -0.39 is 6.04 Å². The summed E-state index contributed by atoms with van der Waals surface area (Å²) in [6.45, 7) is 4.53. The van der Waals surface area contributed by atoms with Gasteiger partial charge in [0.1, 0.15) is 17.9 Å². The average molecular weight is 533 g/mol. The lowest BCUT2D eigenvalue weighted by Gasteiger charge is -2.25. The molecule has 7 nitrogen and oxygen atoms in total. The van der Waals surface area contributed by atoms with Crippen LogP contribution in [-0.4, -0.2) is 67.3 Å². The molecule has 1 saturated heterocycles. The summed E-state index contributed by atoms with van der Waals surface area (Å²) in [6, 6.07) is 9.71. The lowest BCUT2D eigenvalue weighted by Crippen LogP contribution is -2.37. The first-order chi connectivity index (χ1) is 18.9. The third-order valence-corrected chi connectivity index (χ3v) is 7.06. The van der Waals surface area contributed by atoms with Gasteiger partial charge in [-0.15, -0.1) is 0 Å². The third kappa shape index (κ3) is 8.59. The van der Waals surface area contributed by atoms with E-state index in [0.717, 1.165) is 31.5 Å². The van der Waals surface area contributed by atoms with Crippen molar-refractivity contribution < 1.29 is 18.8 Å². The van der Waals surface area contributed by atoms with Crippen molar-refractivity contribution in [3.8, 4) is 11.8 Å². The summed E-state index contributed by atoms with van der Waals surface area (Å²) < 4.78 is 14.9. The molecule has 1 N–H and O–H groups in total. The van der Waals surface area contributed by atoms with Crippen LogP contribution in [0.25, 0.3) is 0 Å². The highest BCUT2D eigenvalue weighted by Crippen LogP contribution is 2.22. The van der Waals surface area contributed by atoms with Gasteiger partial charge < -0.3 is 15.0 Å². The van der Waals surface area contributed by atoms with Crippen LogP contribution >= 0.6 is 0 Å². The maximum absolute atomic E-state index is 14.9. The summed E-state index contributed by atoms with van der Waals surface area (Å²) in [5, 5.41) is 2.54. The number of aldehydes is 2. The Hall–Kier alpha value is -3.83. The van der Waals surface area contributed by atoms with E-state index in [1.54, 1.807) is 56.3 Å². The van der Waals surface area contributed by atoms with Gasteiger partial charge in [0, 0.05) is 32.6 Å². The monoisotopic (exact) mass is 532 g/mol. The Morgan fingerprint density at radius 1 is 1.13 bits per heavy atom. The van der Waals surface area contributed by atoms with E-state index in [1.807, 2.05) is 6.07 Å². The van der Waals surface area contributed by atoms with E-state index in [1.165, 1.54) is 25.7 Å². The summed E-state index contributed by atoms with van der Waals surface area (Å²) in [7, 11) is 3.26. The molecule has 0 bridgehead atoms. The highest BCUT2D eigenvalue weighted by molar-refractivity contribution is 5.91. The quantitative estimate of drug-likeness (QED) is 0.223. The number of likely N-dealkylation sites (tertiary alicyclic amines) is 1. The Morgan fingerprint density at radius 3 is 2.49 bits per heavy atom. The molecular weight excluding hydrogens is 495 g/mol. The Morgan fingerprint density at radius 2 is 1.85 bits per heavy atom. The zero-order chi connectivity index (χ0) is 28.2. The molecule has 1 aliphatic rings. The van der Waals surface area contributed by atoms with E-state index in [9.17, 15) is 18.8 Å². The standard InChI is InChI=1S/C31H37FN4O3/c1-23(35(3)27(21-37)15-16-31(39)33-2)34-30-10-8-9-25(28(30)22-38)13-14-26-12-11-24(19-29(26)32)20-36-17-6-4-5-7-18-36/h8-12,19,21-22,27H,4-7,15-18,20H2,1-3H3,(H,33,39)/b34-23-. The Bertz CT molecular complexity index is 1260. The molecule has 1 fully saturated rings. The fraction of sp³-hybridized carbons (Fsp3) is 0.419. The van der Waals surface area contributed by atoms with Crippen molar-refractivity contribution in [2.45, 2.75) is 58.0 Å². The van der Waals surface area contributed by atoms with Crippen LogP contribution in [0.3, 0.4) is 0 Å². The second kappa shape index (κ2) is 14.9. The number of rotatable bonds is 9. The smallest absolute Gasteiger partial charge is 0.219 e. The molecule has 1 atom stereocenters. The maximum atomic E-state index is 14.9. The predicted molar refractivity (Wildman–Crippen MR) is 152 cm³/mol. The zero-order valence-electron chi connectivity index (χ0n) is 23.0. The first kappa shape index (κ1) is 29.7. The second-order valence-corrected chi connectivity index (χ2v) is 9.80. The number of nitrogens with zero attached hydrogens (tertiary/aromatic N) is 3. The molecule has 1 heterocycles. The van der Waals surface area contributed by atoms with Crippen molar-refractivity contribution in [2.24, 2.45) is 4.99 Å². The minimum absolute atomic E-state index is 0.150. The SMILES string of the molecule is CNC(=O)CCC(C=O)N(C)/C(C)=N\c1cccc(C#Cc2ccc(CN3CCCCCC3)cc2F)c1C=O. The topological polar surface area (TPSA) is 82.1 Å². The number of hydrogen-bond acceptors (Lipinski definition) is 5. The molecule has 1 unspecified atom stereocenters. The Labute approximate surface area is 230 Å². The lowest BCUT2D eigenvalue weighted by molar-refractivity contribution is -0.121.